The number of benzene rings is 1. The van der Waals surface area contributed by atoms with Gasteiger partial charge < -0.3 is 9.64 Å². The summed E-state index contributed by atoms with van der Waals surface area (Å²) in [6, 6.07) is 7.87. The van der Waals surface area contributed by atoms with Gasteiger partial charge in [-0.2, -0.15) is 0 Å². The van der Waals surface area contributed by atoms with Crippen LogP contribution in [0.4, 0.5) is 5.69 Å². The summed E-state index contributed by atoms with van der Waals surface area (Å²) in [5, 5.41) is 0. The van der Waals surface area contributed by atoms with Crippen molar-refractivity contribution >= 4 is 11.6 Å². The summed E-state index contributed by atoms with van der Waals surface area (Å²) in [6.07, 6.45) is 7.10. The van der Waals surface area contributed by atoms with Crippen molar-refractivity contribution in [1.82, 2.24) is 0 Å². The molecule has 1 aromatic carbocycles. The van der Waals surface area contributed by atoms with Gasteiger partial charge in [-0.1, -0.05) is 31.4 Å². The van der Waals surface area contributed by atoms with Gasteiger partial charge >= 0.3 is 0 Å². The predicted molar refractivity (Wildman–Crippen MR) is 80.1 cm³/mol. The lowest BCUT2D eigenvalue weighted by molar-refractivity contribution is -0.120. The third kappa shape index (κ3) is 2.82. The molecule has 108 valence electrons. The Balaban J connectivity index is 1.74. The van der Waals surface area contributed by atoms with Gasteiger partial charge in [-0.15, -0.1) is 0 Å². The molecule has 0 aromatic heterocycles. The largest absolute Gasteiger partial charge is 0.487 e. The number of ether oxygens (including phenoxy) is 1. The van der Waals surface area contributed by atoms with Gasteiger partial charge in [0.05, 0.1) is 12.2 Å². The first-order valence-corrected chi connectivity index (χ1v) is 7.80. The Morgan fingerprint density at radius 2 is 2.00 bits per heavy atom. The summed E-state index contributed by atoms with van der Waals surface area (Å²) in [5.41, 5.74) is 0.936. The number of nitrogens with zero attached hydrogens (tertiary/aromatic N) is 1. The molecule has 3 rings (SSSR count). The van der Waals surface area contributed by atoms with E-state index in [0.29, 0.717) is 18.9 Å². The average molecular weight is 273 g/mol. The standard InChI is InChI=1S/C17H23NO2/c1-13-12-18(15-9-5-6-10-16(15)20-13)17(19)11-14-7-3-2-4-8-14/h5-6,9-10,13-14H,2-4,7-8,11-12H2,1H3. The first-order valence-electron chi connectivity index (χ1n) is 7.80. The molecular weight excluding hydrogens is 250 g/mol. The van der Waals surface area contributed by atoms with Gasteiger partial charge in [-0.25, -0.2) is 0 Å². The zero-order chi connectivity index (χ0) is 13.9. The SMILES string of the molecule is CC1CN(C(=O)CC2CCCCC2)c2ccccc2O1. The molecular formula is C17H23NO2. The first kappa shape index (κ1) is 13.5. The van der Waals surface area contributed by atoms with E-state index in [0.717, 1.165) is 11.4 Å². The molecule has 0 saturated heterocycles. The summed E-state index contributed by atoms with van der Waals surface area (Å²) >= 11 is 0. The van der Waals surface area contributed by atoms with Crippen molar-refractivity contribution in [2.75, 3.05) is 11.4 Å². The van der Waals surface area contributed by atoms with E-state index >= 15 is 0 Å². The number of fused-ring (bicyclic) bond motifs is 1. The van der Waals surface area contributed by atoms with Crippen molar-refractivity contribution in [3.05, 3.63) is 24.3 Å². The Morgan fingerprint density at radius 1 is 1.25 bits per heavy atom. The van der Waals surface area contributed by atoms with Crippen LogP contribution in [-0.2, 0) is 4.79 Å². The lowest BCUT2D eigenvalue weighted by atomic mass is 9.86. The van der Waals surface area contributed by atoms with E-state index in [1.807, 2.05) is 36.1 Å². The fraction of sp³-hybridized carbons (Fsp3) is 0.588. The minimum atomic E-state index is 0.0696. The molecule has 20 heavy (non-hydrogen) atoms. The van der Waals surface area contributed by atoms with Gasteiger partial charge in [-0.05, 0) is 37.8 Å². The second kappa shape index (κ2) is 5.86. The van der Waals surface area contributed by atoms with Crippen molar-refractivity contribution in [3.8, 4) is 5.75 Å². The minimum absolute atomic E-state index is 0.0696. The highest BCUT2D eigenvalue weighted by Crippen LogP contribution is 2.35. The van der Waals surface area contributed by atoms with Gasteiger partial charge in [0.15, 0.2) is 0 Å². The van der Waals surface area contributed by atoms with Crippen LogP contribution in [0.1, 0.15) is 45.4 Å². The van der Waals surface area contributed by atoms with Gasteiger partial charge in [-0.3, -0.25) is 4.79 Å². The number of carbonyl (C=O) groups is 1. The molecule has 1 unspecified atom stereocenters. The number of rotatable bonds is 2. The van der Waals surface area contributed by atoms with Gasteiger partial charge in [0.2, 0.25) is 5.91 Å². The normalized spacial score (nSPS) is 23.1. The third-order valence-corrected chi connectivity index (χ3v) is 4.41. The van der Waals surface area contributed by atoms with Crippen LogP contribution in [0.2, 0.25) is 0 Å². The molecule has 1 fully saturated rings. The fourth-order valence-electron chi connectivity index (χ4n) is 3.37. The second-order valence-electron chi connectivity index (χ2n) is 6.11. The highest BCUT2D eigenvalue weighted by molar-refractivity contribution is 5.95. The number of amides is 1. The van der Waals surface area contributed by atoms with E-state index in [1.165, 1.54) is 32.1 Å². The lowest BCUT2D eigenvalue weighted by Gasteiger charge is -2.34. The number of carbonyl (C=O) groups excluding carboxylic acids is 1. The van der Waals surface area contributed by atoms with Gasteiger partial charge in [0.1, 0.15) is 11.9 Å². The zero-order valence-corrected chi connectivity index (χ0v) is 12.2. The summed E-state index contributed by atoms with van der Waals surface area (Å²) < 4.78 is 5.81. The zero-order valence-electron chi connectivity index (χ0n) is 12.2. The maximum Gasteiger partial charge on any atom is 0.227 e. The average Bonchev–Trinajstić information content (AvgIpc) is 2.47. The van der Waals surface area contributed by atoms with E-state index in [4.69, 9.17) is 4.74 Å². The summed E-state index contributed by atoms with van der Waals surface area (Å²) in [6.45, 7) is 2.69. The monoisotopic (exact) mass is 273 g/mol. The molecule has 0 N–H and O–H groups in total. The molecule has 0 spiro atoms. The molecule has 1 aliphatic carbocycles. The molecule has 1 aliphatic heterocycles. The summed E-state index contributed by atoms with van der Waals surface area (Å²) in [7, 11) is 0. The van der Waals surface area contributed by atoms with E-state index < -0.39 is 0 Å². The summed E-state index contributed by atoms with van der Waals surface area (Å²) in [5.74, 6) is 1.68. The molecule has 3 nitrogen and oxygen atoms in total. The van der Waals surface area contributed by atoms with Crippen LogP contribution in [0.5, 0.6) is 5.75 Å². The van der Waals surface area contributed by atoms with Crippen molar-refractivity contribution in [2.24, 2.45) is 5.92 Å². The Kier molecular flexibility index (Phi) is 3.95. The van der Waals surface area contributed by atoms with Gasteiger partial charge in [0, 0.05) is 6.42 Å². The van der Waals surface area contributed by atoms with Crippen LogP contribution in [0.3, 0.4) is 0 Å². The molecule has 2 aliphatic rings. The molecule has 3 heteroatoms. The Labute approximate surface area is 120 Å². The molecule has 1 heterocycles. The van der Waals surface area contributed by atoms with E-state index in [-0.39, 0.29) is 12.0 Å². The second-order valence-corrected chi connectivity index (χ2v) is 6.11. The van der Waals surface area contributed by atoms with Crippen molar-refractivity contribution < 1.29 is 9.53 Å². The maximum absolute atomic E-state index is 12.6. The van der Waals surface area contributed by atoms with Crippen LogP contribution in [0.25, 0.3) is 0 Å². The number of anilines is 1. The highest BCUT2D eigenvalue weighted by atomic mass is 16.5. The van der Waals surface area contributed by atoms with Crippen molar-refractivity contribution in [1.29, 1.82) is 0 Å². The van der Waals surface area contributed by atoms with Crippen LogP contribution < -0.4 is 9.64 Å². The number of hydrogen-bond acceptors (Lipinski definition) is 2. The first-order chi connectivity index (χ1) is 9.74. The quantitative estimate of drug-likeness (QED) is 0.821. The van der Waals surface area contributed by atoms with Crippen molar-refractivity contribution in [3.63, 3.8) is 0 Å². The van der Waals surface area contributed by atoms with Crippen LogP contribution >= 0.6 is 0 Å². The summed E-state index contributed by atoms with van der Waals surface area (Å²) in [4.78, 5) is 14.6. The van der Waals surface area contributed by atoms with Crippen molar-refractivity contribution in [2.45, 2.75) is 51.6 Å². The Morgan fingerprint density at radius 3 is 2.80 bits per heavy atom. The number of para-hydroxylation sites is 2. The van der Waals surface area contributed by atoms with Gasteiger partial charge in [0.25, 0.3) is 0 Å². The molecule has 1 aromatic rings. The smallest absolute Gasteiger partial charge is 0.227 e. The predicted octanol–water partition coefficient (Wildman–Crippen LogP) is 3.77. The molecule has 1 amide bonds. The topological polar surface area (TPSA) is 29.5 Å². The molecule has 0 radical (unpaired) electrons. The maximum atomic E-state index is 12.6. The third-order valence-electron chi connectivity index (χ3n) is 4.41. The Bertz CT molecular complexity index is 480. The van der Waals surface area contributed by atoms with E-state index in [9.17, 15) is 4.79 Å². The van der Waals surface area contributed by atoms with Crippen LogP contribution in [-0.4, -0.2) is 18.6 Å². The molecule has 1 saturated carbocycles. The minimum Gasteiger partial charge on any atom is -0.487 e. The van der Waals surface area contributed by atoms with Crippen LogP contribution in [0, 0.1) is 5.92 Å². The van der Waals surface area contributed by atoms with E-state index in [2.05, 4.69) is 0 Å². The van der Waals surface area contributed by atoms with Crippen LogP contribution in [0.15, 0.2) is 24.3 Å². The Hall–Kier alpha value is -1.51. The molecule has 1 atom stereocenters. The number of hydrogen-bond donors (Lipinski definition) is 0. The van der Waals surface area contributed by atoms with E-state index in [1.54, 1.807) is 0 Å². The molecule has 0 bridgehead atoms. The fourth-order valence-corrected chi connectivity index (χ4v) is 3.37. The lowest BCUT2D eigenvalue weighted by Crippen LogP contribution is -2.43. The highest BCUT2D eigenvalue weighted by Gasteiger charge is 2.28.